The van der Waals surface area contributed by atoms with Gasteiger partial charge in [0.05, 0.1) is 11.4 Å². The van der Waals surface area contributed by atoms with Gasteiger partial charge in [-0.1, -0.05) is 0 Å². The van der Waals surface area contributed by atoms with Gasteiger partial charge in [-0.3, -0.25) is 14.5 Å². The van der Waals surface area contributed by atoms with Crippen LogP contribution in [0.2, 0.25) is 0 Å². The second-order valence-electron chi connectivity index (χ2n) is 7.52. The van der Waals surface area contributed by atoms with E-state index >= 15 is 0 Å². The molecule has 0 unspecified atom stereocenters. The van der Waals surface area contributed by atoms with Crippen LogP contribution in [0.25, 0.3) is 0 Å². The molecule has 9 heteroatoms. The van der Waals surface area contributed by atoms with Crippen LogP contribution in [0, 0.1) is 0 Å². The smallest absolute Gasteiger partial charge is 0.253 e. The minimum Gasteiger partial charge on any atom is -0.352 e. The summed E-state index contributed by atoms with van der Waals surface area (Å²) in [6.07, 6.45) is 2.11. The molecule has 0 atom stereocenters. The van der Waals surface area contributed by atoms with Crippen molar-refractivity contribution in [3.05, 3.63) is 29.8 Å². The number of nitrogens with one attached hydrogen (secondary N) is 1. The Labute approximate surface area is 172 Å². The standard InChI is InChI=1S/C20H30N4O4S/c1-3-23(4-2)20(26)16-5-9-18(10-6-16)29(27,28)24-13-11-22(12-14-24)15-19(25)21-17-7-8-17/h5-6,9-10,17H,3-4,7-8,11-15H2,1-2H3,(H,21,25). The lowest BCUT2D eigenvalue weighted by Crippen LogP contribution is -2.51. The van der Waals surface area contributed by atoms with Gasteiger partial charge >= 0.3 is 0 Å². The molecule has 0 aromatic heterocycles. The van der Waals surface area contributed by atoms with E-state index in [4.69, 9.17) is 0 Å². The molecule has 29 heavy (non-hydrogen) atoms. The van der Waals surface area contributed by atoms with Crippen LogP contribution in [0.3, 0.4) is 0 Å². The van der Waals surface area contributed by atoms with Gasteiger partial charge in [-0.2, -0.15) is 4.31 Å². The molecular weight excluding hydrogens is 392 g/mol. The first-order chi connectivity index (χ1) is 13.8. The van der Waals surface area contributed by atoms with Crippen molar-refractivity contribution in [2.45, 2.75) is 37.6 Å². The molecule has 0 radical (unpaired) electrons. The maximum absolute atomic E-state index is 12.9. The Morgan fingerprint density at radius 1 is 1.03 bits per heavy atom. The summed E-state index contributed by atoms with van der Waals surface area (Å²) in [5.41, 5.74) is 0.485. The summed E-state index contributed by atoms with van der Waals surface area (Å²) in [5, 5.41) is 2.96. The van der Waals surface area contributed by atoms with Crippen molar-refractivity contribution in [3.63, 3.8) is 0 Å². The van der Waals surface area contributed by atoms with Crippen LogP contribution >= 0.6 is 0 Å². The maximum Gasteiger partial charge on any atom is 0.253 e. The molecule has 1 aromatic carbocycles. The summed E-state index contributed by atoms with van der Waals surface area (Å²) in [5.74, 6) is -0.0886. The SMILES string of the molecule is CCN(CC)C(=O)c1ccc(S(=O)(=O)N2CCN(CC(=O)NC3CC3)CC2)cc1. The number of nitrogens with zero attached hydrogens (tertiary/aromatic N) is 3. The van der Waals surface area contributed by atoms with Gasteiger partial charge in [0.2, 0.25) is 15.9 Å². The molecule has 0 spiro atoms. The number of amides is 2. The Balaban J connectivity index is 1.58. The fourth-order valence-corrected chi connectivity index (χ4v) is 4.87. The van der Waals surface area contributed by atoms with E-state index in [2.05, 4.69) is 5.32 Å². The van der Waals surface area contributed by atoms with Crippen molar-refractivity contribution >= 4 is 21.8 Å². The number of hydrogen-bond donors (Lipinski definition) is 1. The highest BCUT2D eigenvalue weighted by atomic mass is 32.2. The van der Waals surface area contributed by atoms with Gasteiger partial charge in [-0.05, 0) is 51.0 Å². The molecule has 1 aliphatic carbocycles. The molecule has 1 aliphatic heterocycles. The molecule has 1 saturated heterocycles. The Hall–Kier alpha value is -1.97. The van der Waals surface area contributed by atoms with E-state index in [1.807, 2.05) is 18.7 Å². The molecule has 1 N–H and O–H groups in total. The quantitative estimate of drug-likeness (QED) is 0.668. The van der Waals surface area contributed by atoms with Crippen molar-refractivity contribution in [3.8, 4) is 0 Å². The molecule has 2 amide bonds. The van der Waals surface area contributed by atoms with Crippen LogP contribution in [-0.2, 0) is 14.8 Å². The summed E-state index contributed by atoms with van der Waals surface area (Å²) in [6, 6.07) is 6.49. The molecule has 3 rings (SSSR count). The molecule has 1 saturated carbocycles. The second kappa shape index (κ2) is 9.23. The second-order valence-corrected chi connectivity index (χ2v) is 9.46. The molecular formula is C20H30N4O4S. The monoisotopic (exact) mass is 422 g/mol. The van der Waals surface area contributed by atoms with E-state index in [1.165, 1.54) is 16.4 Å². The van der Waals surface area contributed by atoms with E-state index in [0.29, 0.717) is 57.4 Å². The third kappa shape index (κ3) is 5.34. The lowest BCUT2D eigenvalue weighted by molar-refractivity contribution is -0.122. The lowest BCUT2D eigenvalue weighted by atomic mass is 10.2. The van der Waals surface area contributed by atoms with Gasteiger partial charge in [0, 0.05) is 50.9 Å². The molecule has 1 aromatic rings. The van der Waals surface area contributed by atoms with Gasteiger partial charge < -0.3 is 10.2 Å². The van der Waals surface area contributed by atoms with Gasteiger partial charge in [0.1, 0.15) is 0 Å². The number of carbonyl (C=O) groups is 2. The first-order valence-electron chi connectivity index (χ1n) is 10.3. The van der Waals surface area contributed by atoms with Crippen molar-refractivity contribution in [1.29, 1.82) is 0 Å². The van der Waals surface area contributed by atoms with Crippen LogP contribution < -0.4 is 5.32 Å². The number of carbonyl (C=O) groups excluding carboxylic acids is 2. The summed E-state index contributed by atoms with van der Waals surface area (Å²) >= 11 is 0. The van der Waals surface area contributed by atoms with Gasteiger partial charge in [-0.25, -0.2) is 8.42 Å². The van der Waals surface area contributed by atoms with E-state index in [9.17, 15) is 18.0 Å². The average molecular weight is 423 g/mol. The topological polar surface area (TPSA) is 90.0 Å². The minimum absolute atomic E-state index is 0.0114. The Bertz CT molecular complexity index is 825. The fraction of sp³-hybridized carbons (Fsp3) is 0.600. The van der Waals surface area contributed by atoms with Crippen LogP contribution in [0.5, 0.6) is 0 Å². The third-order valence-corrected chi connectivity index (χ3v) is 7.34. The predicted molar refractivity (Wildman–Crippen MR) is 110 cm³/mol. The normalized spacial score (nSPS) is 18.4. The van der Waals surface area contributed by atoms with Crippen LogP contribution in [-0.4, -0.2) is 86.2 Å². The predicted octanol–water partition coefficient (Wildman–Crippen LogP) is 0.754. The van der Waals surface area contributed by atoms with E-state index in [0.717, 1.165) is 12.8 Å². The molecule has 2 aliphatic rings. The van der Waals surface area contributed by atoms with E-state index < -0.39 is 10.0 Å². The number of hydrogen-bond acceptors (Lipinski definition) is 5. The Morgan fingerprint density at radius 3 is 2.14 bits per heavy atom. The highest BCUT2D eigenvalue weighted by molar-refractivity contribution is 7.89. The van der Waals surface area contributed by atoms with Crippen molar-refractivity contribution < 1.29 is 18.0 Å². The number of piperazine rings is 1. The highest BCUT2D eigenvalue weighted by Gasteiger charge is 2.30. The number of sulfonamides is 1. The summed E-state index contributed by atoms with van der Waals surface area (Å²) in [7, 11) is -3.62. The highest BCUT2D eigenvalue weighted by Crippen LogP contribution is 2.20. The number of benzene rings is 1. The fourth-order valence-electron chi connectivity index (χ4n) is 3.44. The van der Waals surface area contributed by atoms with Gasteiger partial charge in [-0.15, -0.1) is 0 Å². The number of rotatable bonds is 8. The Kier molecular flexibility index (Phi) is 6.92. The maximum atomic E-state index is 12.9. The van der Waals surface area contributed by atoms with Gasteiger partial charge in [0.25, 0.3) is 5.91 Å². The van der Waals surface area contributed by atoms with Crippen LogP contribution in [0.15, 0.2) is 29.2 Å². The summed E-state index contributed by atoms with van der Waals surface area (Å²) in [4.78, 5) is 28.2. The minimum atomic E-state index is -3.62. The van der Waals surface area contributed by atoms with Crippen LogP contribution in [0.1, 0.15) is 37.0 Å². The zero-order valence-electron chi connectivity index (χ0n) is 17.1. The first kappa shape index (κ1) is 21.7. The van der Waals surface area contributed by atoms with E-state index in [1.54, 1.807) is 17.0 Å². The van der Waals surface area contributed by atoms with Crippen molar-refractivity contribution in [2.24, 2.45) is 0 Å². The third-order valence-electron chi connectivity index (χ3n) is 5.43. The molecule has 2 fully saturated rings. The van der Waals surface area contributed by atoms with E-state index in [-0.39, 0.29) is 16.7 Å². The summed E-state index contributed by atoms with van der Waals surface area (Å²) < 4.78 is 27.3. The summed E-state index contributed by atoms with van der Waals surface area (Å²) in [6.45, 7) is 7.10. The largest absolute Gasteiger partial charge is 0.352 e. The molecule has 8 nitrogen and oxygen atoms in total. The molecule has 160 valence electrons. The zero-order chi connectivity index (χ0) is 21.0. The average Bonchev–Trinajstić information content (AvgIpc) is 3.53. The van der Waals surface area contributed by atoms with Crippen molar-refractivity contribution in [1.82, 2.24) is 19.4 Å². The zero-order valence-corrected chi connectivity index (χ0v) is 18.0. The Morgan fingerprint density at radius 2 is 1.62 bits per heavy atom. The first-order valence-corrected chi connectivity index (χ1v) is 11.7. The molecule has 1 heterocycles. The van der Waals surface area contributed by atoms with Gasteiger partial charge in [0.15, 0.2) is 0 Å². The van der Waals surface area contributed by atoms with Crippen LogP contribution in [0.4, 0.5) is 0 Å². The van der Waals surface area contributed by atoms with Crippen molar-refractivity contribution in [2.75, 3.05) is 45.8 Å². The lowest BCUT2D eigenvalue weighted by Gasteiger charge is -2.33. The molecule has 0 bridgehead atoms.